The Morgan fingerprint density at radius 1 is 1.39 bits per heavy atom. The molecule has 0 aromatic heterocycles. The number of nitrogens with zero attached hydrogens (tertiary/aromatic N) is 2. The van der Waals surface area contributed by atoms with Gasteiger partial charge in [-0.25, -0.2) is 0 Å². The Hall–Kier alpha value is -1.08. The van der Waals surface area contributed by atoms with Crippen LogP contribution in [0.4, 0.5) is 0 Å². The summed E-state index contributed by atoms with van der Waals surface area (Å²) < 4.78 is 0. The molecule has 1 heterocycles. The van der Waals surface area contributed by atoms with E-state index in [9.17, 15) is 0 Å². The third kappa shape index (κ3) is 3.71. The van der Waals surface area contributed by atoms with Gasteiger partial charge in [0.05, 0.1) is 11.6 Å². The third-order valence-electron chi connectivity index (χ3n) is 3.54. The number of likely N-dealkylation sites (tertiary alicyclic amines) is 1. The van der Waals surface area contributed by atoms with Crippen LogP contribution in [-0.4, -0.2) is 24.0 Å². The van der Waals surface area contributed by atoms with E-state index in [0.29, 0.717) is 12.0 Å². The average Bonchev–Trinajstić information content (AvgIpc) is 2.35. The van der Waals surface area contributed by atoms with Gasteiger partial charge in [-0.3, -0.25) is 4.90 Å². The minimum absolute atomic E-state index is 0. The maximum Gasteiger partial charge on any atom is 0.0991 e. The van der Waals surface area contributed by atoms with Crippen molar-refractivity contribution in [1.29, 1.82) is 5.26 Å². The van der Waals surface area contributed by atoms with Gasteiger partial charge in [-0.2, -0.15) is 5.26 Å². The van der Waals surface area contributed by atoms with Crippen molar-refractivity contribution in [3.05, 3.63) is 35.4 Å². The van der Waals surface area contributed by atoms with E-state index in [0.717, 1.165) is 31.6 Å². The van der Waals surface area contributed by atoms with Crippen LogP contribution in [0.3, 0.4) is 0 Å². The molecule has 0 amide bonds. The zero-order chi connectivity index (χ0) is 12.3. The van der Waals surface area contributed by atoms with E-state index in [1.54, 1.807) is 0 Å². The molecule has 2 atom stereocenters. The van der Waals surface area contributed by atoms with E-state index >= 15 is 0 Å². The highest BCUT2D eigenvalue weighted by molar-refractivity contribution is 5.85. The highest BCUT2D eigenvalue weighted by Gasteiger charge is 2.22. The van der Waals surface area contributed by atoms with E-state index in [4.69, 9.17) is 11.0 Å². The maximum atomic E-state index is 8.74. The Bertz CT molecular complexity index is 410. The molecular formula is C14H20ClN3. The van der Waals surface area contributed by atoms with E-state index < -0.39 is 0 Å². The van der Waals surface area contributed by atoms with Gasteiger partial charge in [0, 0.05) is 19.1 Å². The van der Waals surface area contributed by atoms with Gasteiger partial charge in [0.25, 0.3) is 0 Å². The quantitative estimate of drug-likeness (QED) is 0.892. The Kier molecular flexibility index (Phi) is 5.61. The minimum Gasteiger partial charge on any atom is -0.327 e. The van der Waals surface area contributed by atoms with Crippen LogP contribution in [-0.2, 0) is 6.54 Å². The summed E-state index contributed by atoms with van der Waals surface area (Å²) in [6.07, 6.45) is 1.08. The van der Waals surface area contributed by atoms with Crippen molar-refractivity contribution in [1.82, 2.24) is 4.90 Å². The highest BCUT2D eigenvalue weighted by atomic mass is 35.5. The van der Waals surface area contributed by atoms with Crippen molar-refractivity contribution in [2.75, 3.05) is 13.1 Å². The second-order valence-corrected chi connectivity index (χ2v) is 4.97. The number of nitriles is 1. The van der Waals surface area contributed by atoms with Crippen molar-refractivity contribution < 1.29 is 0 Å². The molecule has 1 aromatic rings. The summed E-state index contributed by atoms with van der Waals surface area (Å²) >= 11 is 0. The van der Waals surface area contributed by atoms with Crippen LogP contribution in [0.1, 0.15) is 24.5 Å². The number of nitrogens with two attached hydrogens (primary N) is 1. The molecule has 1 fully saturated rings. The van der Waals surface area contributed by atoms with Gasteiger partial charge in [-0.05, 0) is 36.6 Å². The summed E-state index contributed by atoms with van der Waals surface area (Å²) in [5.41, 5.74) is 8.00. The van der Waals surface area contributed by atoms with Gasteiger partial charge < -0.3 is 5.73 Å². The minimum atomic E-state index is 0. The Morgan fingerprint density at radius 3 is 2.61 bits per heavy atom. The molecule has 1 aliphatic heterocycles. The van der Waals surface area contributed by atoms with Crippen LogP contribution in [0.5, 0.6) is 0 Å². The number of rotatable bonds is 2. The Morgan fingerprint density at radius 2 is 2.06 bits per heavy atom. The fraction of sp³-hybridized carbons (Fsp3) is 0.500. The fourth-order valence-corrected chi connectivity index (χ4v) is 2.34. The molecular weight excluding hydrogens is 246 g/mol. The number of piperidine rings is 1. The van der Waals surface area contributed by atoms with Crippen LogP contribution in [0.2, 0.25) is 0 Å². The van der Waals surface area contributed by atoms with Crippen molar-refractivity contribution in [2.45, 2.75) is 25.9 Å². The largest absolute Gasteiger partial charge is 0.327 e. The molecule has 98 valence electrons. The topological polar surface area (TPSA) is 53.0 Å². The smallest absolute Gasteiger partial charge is 0.0991 e. The lowest BCUT2D eigenvalue weighted by Crippen LogP contribution is -2.45. The molecule has 1 saturated heterocycles. The molecule has 2 unspecified atom stereocenters. The molecule has 0 radical (unpaired) electrons. The SMILES string of the molecule is CC1CN(Cc2ccc(C#N)cc2)CCC1N.Cl. The van der Waals surface area contributed by atoms with Gasteiger partial charge in [-0.15, -0.1) is 12.4 Å². The van der Waals surface area contributed by atoms with Gasteiger partial charge in [0.15, 0.2) is 0 Å². The first-order valence-corrected chi connectivity index (χ1v) is 6.16. The molecule has 2 rings (SSSR count). The van der Waals surface area contributed by atoms with Crippen molar-refractivity contribution >= 4 is 12.4 Å². The van der Waals surface area contributed by atoms with Gasteiger partial charge >= 0.3 is 0 Å². The van der Waals surface area contributed by atoms with Gasteiger partial charge in [0.1, 0.15) is 0 Å². The molecule has 0 spiro atoms. The standard InChI is InChI=1S/C14H19N3.ClH/c1-11-9-17(7-6-14(11)16)10-13-4-2-12(8-15)3-5-13;/h2-5,11,14H,6-7,9-10,16H2,1H3;1H. The normalized spacial score (nSPS) is 24.1. The monoisotopic (exact) mass is 265 g/mol. The number of benzene rings is 1. The van der Waals surface area contributed by atoms with Crippen molar-refractivity contribution in [3.63, 3.8) is 0 Å². The molecule has 18 heavy (non-hydrogen) atoms. The second-order valence-electron chi connectivity index (χ2n) is 4.97. The van der Waals surface area contributed by atoms with E-state index in [2.05, 4.69) is 17.9 Å². The molecule has 1 aromatic carbocycles. The first kappa shape index (κ1) is 15.0. The molecule has 3 nitrogen and oxygen atoms in total. The fourth-order valence-electron chi connectivity index (χ4n) is 2.34. The lowest BCUT2D eigenvalue weighted by atomic mass is 9.94. The highest BCUT2D eigenvalue weighted by Crippen LogP contribution is 2.17. The molecule has 0 aliphatic carbocycles. The average molecular weight is 266 g/mol. The zero-order valence-corrected chi connectivity index (χ0v) is 11.5. The summed E-state index contributed by atoms with van der Waals surface area (Å²) in [5, 5.41) is 8.74. The number of hydrogen-bond donors (Lipinski definition) is 1. The Balaban J connectivity index is 0.00000162. The van der Waals surface area contributed by atoms with Gasteiger partial charge in [-0.1, -0.05) is 19.1 Å². The molecule has 0 bridgehead atoms. The second kappa shape index (κ2) is 6.75. The lowest BCUT2D eigenvalue weighted by Gasteiger charge is -2.35. The summed E-state index contributed by atoms with van der Waals surface area (Å²) in [6, 6.07) is 10.3. The third-order valence-corrected chi connectivity index (χ3v) is 3.54. The van der Waals surface area contributed by atoms with Gasteiger partial charge in [0.2, 0.25) is 0 Å². The number of hydrogen-bond acceptors (Lipinski definition) is 3. The lowest BCUT2D eigenvalue weighted by molar-refractivity contribution is 0.158. The predicted octanol–water partition coefficient (Wildman–Crippen LogP) is 2.15. The summed E-state index contributed by atoms with van der Waals surface area (Å²) in [6.45, 7) is 5.32. The summed E-state index contributed by atoms with van der Waals surface area (Å²) in [4.78, 5) is 2.44. The van der Waals surface area contributed by atoms with E-state index in [-0.39, 0.29) is 12.4 Å². The van der Waals surface area contributed by atoms with Crippen molar-refractivity contribution in [3.8, 4) is 6.07 Å². The van der Waals surface area contributed by atoms with Crippen molar-refractivity contribution in [2.24, 2.45) is 11.7 Å². The molecule has 4 heteroatoms. The summed E-state index contributed by atoms with van der Waals surface area (Å²) in [5.74, 6) is 0.571. The van der Waals surface area contributed by atoms with E-state index in [1.807, 2.05) is 24.3 Å². The molecule has 2 N–H and O–H groups in total. The molecule has 1 aliphatic rings. The Labute approximate surface area is 115 Å². The van der Waals surface area contributed by atoms with Crippen LogP contribution in [0.15, 0.2) is 24.3 Å². The molecule has 0 saturated carbocycles. The van der Waals surface area contributed by atoms with E-state index in [1.165, 1.54) is 5.56 Å². The summed E-state index contributed by atoms with van der Waals surface area (Å²) in [7, 11) is 0. The first-order chi connectivity index (χ1) is 8.19. The maximum absolute atomic E-state index is 8.74. The zero-order valence-electron chi connectivity index (χ0n) is 10.7. The van der Waals surface area contributed by atoms with Crippen LogP contribution < -0.4 is 5.73 Å². The van der Waals surface area contributed by atoms with Crippen LogP contribution >= 0.6 is 12.4 Å². The van der Waals surface area contributed by atoms with Crippen LogP contribution in [0, 0.1) is 17.2 Å². The number of halogens is 1. The first-order valence-electron chi connectivity index (χ1n) is 6.16. The predicted molar refractivity (Wildman–Crippen MR) is 75.4 cm³/mol. The van der Waals surface area contributed by atoms with Crippen LogP contribution in [0.25, 0.3) is 0 Å².